The molecule has 0 atom stereocenters. The van der Waals surface area contributed by atoms with Gasteiger partial charge in [0.25, 0.3) is 0 Å². The molecule has 0 N–H and O–H groups in total. The minimum absolute atomic E-state index is 0.835. The molecule has 0 unspecified atom stereocenters. The normalized spacial score (nSPS) is 11.2. The van der Waals surface area contributed by atoms with Crippen molar-refractivity contribution in [2.75, 3.05) is 0 Å². The SMILES string of the molecule is Cc1ccc(-c2c3ccccc3c(Cl)c3ccccc23)cc1. The topological polar surface area (TPSA) is 0 Å². The first-order valence-corrected chi connectivity index (χ1v) is 7.79. The molecule has 0 nitrogen and oxygen atoms in total. The van der Waals surface area contributed by atoms with Gasteiger partial charge in [0, 0.05) is 10.8 Å². The van der Waals surface area contributed by atoms with Crippen LogP contribution in [0, 0.1) is 6.92 Å². The summed E-state index contributed by atoms with van der Waals surface area (Å²) >= 11 is 6.66. The van der Waals surface area contributed by atoms with Crippen molar-refractivity contribution in [2.45, 2.75) is 6.92 Å². The van der Waals surface area contributed by atoms with Crippen molar-refractivity contribution in [1.29, 1.82) is 0 Å². The van der Waals surface area contributed by atoms with Gasteiger partial charge in [-0.2, -0.15) is 0 Å². The van der Waals surface area contributed by atoms with Crippen LogP contribution in [0.1, 0.15) is 5.56 Å². The van der Waals surface area contributed by atoms with E-state index in [1.54, 1.807) is 0 Å². The number of fused-ring (bicyclic) bond motifs is 2. The molecular formula is C21H15Cl. The molecule has 22 heavy (non-hydrogen) atoms. The van der Waals surface area contributed by atoms with Crippen LogP contribution in [0.25, 0.3) is 32.7 Å². The second-order valence-electron chi connectivity index (χ2n) is 5.65. The van der Waals surface area contributed by atoms with E-state index in [-0.39, 0.29) is 0 Å². The maximum Gasteiger partial charge on any atom is 0.0563 e. The summed E-state index contributed by atoms with van der Waals surface area (Å²) in [5, 5.41) is 5.46. The van der Waals surface area contributed by atoms with E-state index in [4.69, 9.17) is 11.6 Å². The first-order chi connectivity index (χ1) is 10.8. The zero-order valence-electron chi connectivity index (χ0n) is 12.3. The Kier molecular flexibility index (Phi) is 3.13. The predicted molar refractivity (Wildman–Crippen MR) is 96.6 cm³/mol. The molecule has 0 saturated carbocycles. The first kappa shape index (κ1) is 13.4. The van der Waals surface area contributed by atoms with Gasteiger partial charge in [-0.25, -0.2) is 0 Å². The van der Waals surface area contributed by atoms with E-state index in [1.165, 1.54) is 27.5 Å². The molecule has 0 aromatic heterocycles. The number of hydrogen-bond donors (Lipinski definition) is 0. The number of aryl methyl sites for hydroxylation is 1. The third kappa shape index (κ3) is 2.00. The Bertz CT molecular complexity index is 925. The van der Waals surface area contributed by atoms with Crippen LogP contribution in [0.4, 0.5) is 0 Å². The zero-order valence-corrected chi connectivity index (χ0v) is 13.1. The number of benzene rings is 4. The van der Waals surface area contributed by atoms with Crippen molar-refractivity contribution < 1.29 is 0 Å². The molecule has 106 valence electrons. The molecule has 0 aliphatic carbocycles. The lowest BCUT2D eigenvalue weighted by atomic mass is 9.91. The molecule has 0 amide bonds. The molecular weight excluding hydrogens is 288 g/mol. The summed E-state index contributed by atoms with van der Waals surface area (Å²) in [7, 11) is 0. The second kappa shape index (κ2) is 5.15. The Hall–Kier alpha value is -2.31. The van der Waals surface area contributed by atoms with Gasteiger partial charge in [0.1, 0.15) is 0 Å². The van der Waals surface area contributed by atoms with E-state index in [0.29, 0.717) is 0 Å². The standard InChI is InChI=1S/C21H15Cl/c1-14-10-12-15(13-11-14)20-16-6-2-4-8-18(16)21(22)19-9-5-3-7-17(19)20/h2-13H,1H3. The van der Waals surface area contributed by atoms with Crippen LogP contribution < -0.4 is 0 Å². The van der Waals surface area contributed by atoms with Gasteiger partial charge in [0.05, 0.1) is 5.02 Å². The van der Waals surface area contributed by atoms with E-state index in [9.17, 15) is 0 Å². The van der Waals surface area contributed by atoms with Crippen LogP contribution in [0.5, 0.6) is 0 Å². The minimum Gasteiger partial charge on any atom is -0.0830 e. The molecule has 0 radical (unpaired) electrons. The van der Waals surface area contributed by atoms with Gasteiger partial charge < -0.3 is 0 Å². The molecule has 0 heterocycles. The van der Waals surface area contributed by atoms with E-state index < -0.39 is 0 Å². The Labute approximate surface area is 135 Å². The fourth-order valence-corrected chi connectivity index (χ4v) is 3.44. The highest BCUT2D eigenvalue weighted by molar-refractivity contribution is 6.42. The first-order valence-electron chi connectivity index (χ1n) is 7.42. The summed E-state index contributed by atoms with van der Waals surface area (Å²) in [4.78, 5) is 0. The van der Waals surface area contributed by atoms with E-state index in [1.807, 2.05) is 12.1 Å². The van der Waals surface area contributed by atoms with Crippen LogP contribution in [0.2, 0.25) is 5.02 Å². The van der Waals surface area contributed by atoms with Gasteiger partial charge >= 0.3 is 0 Å². The fourth-order valence-electron chi connectivity index (χ4n) is 3.11. The summed E-state index contributed by atoms with van der Waals surface area (Å²) in [5.41, 5.74) is 3.76. The average molecular weight is 303 g/mol. The zero-order chi connectivity index (χ0) is 15.1. The van der Waals surface area contributed by atoms with Gasteiger partial charge in [-0.3, -0.25) is 0 Å². The van der Waals surface area contributed by atoms with Crippen LogP contribution in [-0.2, 0) is 0 Å². The highest BCUT2D eigenvalue weighted by atomic mass is 35.5. The number of rotatable bonds is 1. The van der Waals surface area contributed by atoms with Crippen molar-refractivity contribution in [3.63, 3.8) is 0 Å². The Morgan fingerprint density at radius 3 is 1.55 bits per heavy atom. The average Bonchev–Trinajstić information content (AvgIpc) is 2.57. The third-order valence-corrected chi connectivity index (χ3v) is 4.61. The lowest BCUT2D eigenvalue weighted by Gasteiger charge is -2.14. The summed E-state index contributed by atoms with van der Waals surface area (Å²) < 4.78 is 0. The molecule has 1 heteroatoms. The Balaban J connectivity index is 2.23. The molecule has 4 aromatic carbocycles. The predicted octanol–water partition coefficient (Wildman–Crippen LogP) is 6.62. The van der Waals surface area contributed by atoms with Gasteiger partial charge in [-0.05, 0) is 28.8 Å². The van der Waals surface area contributed by atoms with Crippen LogP contribution in [0.15, 0.2) is 72.8 Å². The van der Waals surface area contributed by atoms with Crippen LogP contribution in [0.3, 0.4) is 0 Å². The highest BCUT2D eigenvalue weighted by Crippen LogP contribution is 2.41. The molecule has 4 rings (SSSR count). The van der Waals surface area contributed by atoms with E-state index in [0.717, 1.165) is 15.8 Å². The Morgan fingerprint density at radius 1 is 0.591 bits per heavy atom. The lowest BCUT2D eigenvalue weighted by molar-refractivity contribution is 1.47. The van der Waals surface area contributed by atoms with Gasteiger partial charge in [-0.15, -0.1) is 0 Å². The van der Waals surface area contributed by atoms with Crippen LogP contribution >= 0.6 is 11.6 Å². The van der Waals surface area contributed by atoms with E-state index in [2.05, 4.69) is 67.6 Å². The number of hydrogen-bond acceptors (Lipinski definition) is 0. The van der Waals surface area contributed by atoms with Crippen molar-refractivity contribution >= 4 is 33.1 Å². The van der Waals surface area contributed by atoms with Crippen molar-refractivity contribution in [3.05, 3.63) is 83.4 Å². The van der Waals surface area contributed by atoms with Gasteiger partial charge in [0.2, 0.25) is 0 Å². The van der Waals surface area contributed by atoms with Crippen LogP contribution in [-0.4, -0.2) is 0 Å². The minimum atomic E-state index is 0.835. The van der Waals surface area contributed by atoms with Crippen molar-refractivity contribution in [3.8, 4) is 11.1 Å². The van der Waals surface area contributed by atoms with Crippen molar-refractivity contribution in [2.24, 2.45) is 0 Å². The third-order valence-electron chi connectivity index (χ3n) is 4.21. The lowest BCUT2D eigenvalue weighted by Crippen LogP contribution is -1.87. The highest BCUT2D eigenvalue weighted by Gasteiger charge is 2.13. The number of halogens is 1. The maximum absolute atomic E-state index is 6.66. The monoisotopic (exact) mass is 302 g/mol. The summed E-state index contributed by atoms with van der Waals surface area (Å²) in [6, 6.07) is 25.4. The molecule has 0 bridgehead atoms. The molecule has 4 aromatic rings. The summed E-state index contributed by atoms with van der Waals surface area (Å²) in [6.45, 7) is 2.11. The molecule has 0 aliphatic heterocycles. The van der Waals surface area contributed by atoms with Gasteiger partial charge in [0.15, 0.2) is 0 Å². The van der Waals surface area contributed by atoms with E-state index >= 15 is 0 Å². The second-order valence-corrected chi connectivity index (χ2v) is 6.02. The molecule has 0 spiro atoms. The summed E-state index contributed by atoms with van der Waals surface area (Å²) in [5.74, 6) is 0. The molecule has 0 fully saturated rings. The fraction of sp³-hybridized carbons (Fsp3) is 0.0476. The largest absolute Gasteiger partial charge is 0.0830 e. The van der Waals surface area contributed by atoms with Crippen molar-refractivity contribution in [1.82, 2.24) is 0 Å². The smallest absolute Gasteiger partial charge is 0.0563 e. The summed E-state index contributed by atoms with van der Waals surface area (Å²) in [6.07, 6.45) is 0. The Morgan fingerprint density at radius 2 is 1.05 bits per heavy atom. The van der Waals surface area contributed by atoms with Gasteiger partial charge in [-0.1, -0.05) is 90.0 Å². The molecule has 0 aliphatic rings. The maximum atomic E-state index is 6.66. The molecule has 0 saturated heterocycles. The quantitative estimate of drug-likeness (QED) is 0.346.